The van der Waals surface area contributed by atoms with E-state index in [0.717, 1.165) is 11.3 Å². The van der Waals surface area contributed by atoms with E-state index in [0.29, 0.717) is 17.3 Å². The molecule has 134 valence electrons. The zero-order chi connectivity index (χ0) is 19.1. The van der Waals surface area contributed by atoms with Gasteiger partial charge in [-0.1, -0.05) is 64.1 Å². The maximum absolute atomic E-state index is 11.1. The van der Waals surface area contributed by atoms with Crippen LogP contribution in [0.15, 0.2) is 60.8 Å². The van der Waals surface area contributed by atoms with Gasteiger partial charge in [0.1, 0.15) is 0 Å². The number of hydrogen-bond donors (Lipinski definition) is 1. The van der Waals surface area contributed by atoms with Gasteiger partial charge in [-0.15, -0.1) is 0 Å². The predicted molar refractivity (Wildman–Crippen MR) is 105 cm³/mol. The molecule has 0 fully saturated rings. The second-order valence-electron chi connectivity index (χ2n) is 5.93. The highest BCUT2D eigenvalue weighted by atomic mass is 16.4. The zero-order valence-corrected chi connectivity index (χ0v) is 15.6. The van der Waals surface area contributed by atoms with Gasteiger partial charge in [0.15, 0.2) is 5.82 Å². The van der Waals surface area contributed by atoms with Crippen molar-refractivity contribution in [2.24, 2.45) is 0 Å². The van der Waals surface area contributed by atoms with E-state index in [1.807, 2.05) is 26.0 Å². The first kappa shape index (κ1) is 19.3. The summed E-state index contributed by atoms with van der Waals surface area (Å²) in [6, 6.07) is 16.8. The molecule has 26 heavy (non-hydrogen) atoms. The summed E-state index contributed by atoms with van der Waals surface area (Å²) >= 11 is 0. The van der Waals surface area contributed by atoms with Crippen molar-refractivity contribution in [1.29, 1.82) is 0 Å². The average molecular weight is 348 g/mol. The molecule has 0 aliphatic rings. The quantitative estimate of drug-likeness (QED) is 0.661. The Morgan fingerprint density at radius 2 is 1.65 bits per heavy atom. The first-order valence-electron chi connectivity index (χ1n) is 8.81. The first-order chi connectivity index (χ1) is 12.5. The van der Waals surface area contributed by atoms with Crippen molar-refractivity contribution in [2.45, 2.75) is 33.6 Å². The van der Waals surface area contributed by atoms with Crippen molar-refractivity contribution < 1.29 is 9.90 Å². The van der Waals surface area contributed by atoms with Gasteiger partial charge in [-0.25, -0.2) is 14.8 Å². The van der Waals surface area contributed by atoms with Crippen LogP contribution in [0.3, 0.4) is 0 Å². The molecule has 3 aromatic rings. The van der Waals surface area contributed by atoms with Crippen LogP contribution < -0.4 is 0 Å². The van der Waals surface area contributed by atoms with E-state index < -0.39 is 5.97 Å². The smallest absolute Gasteiger partial charge is 0.335 e. The molecular formula is C22H24N2O2. The normalized spacial score (nSPS) is 10.2. The maximum atomic E-state index is 11.1. The lowest BCUT2D eigenvalue weighted by Crippen LogP contribution is -1.97. The largest absolute Gasteiger partial charge is 0.478 e. The fourth-order valence-electron chi connectivity index (χ4n) is 2.49. The second kappa shape index (κ2) is 8.90. The fraction of sp³-hybridized carbons (Fsp3) is 0.227. The van der Waals surface area contributed by atoms with E-state index in [1.54, 1.807) is 24.4 Å². The van der Waals surface area contributed by atoms with E-state index in [1.165, 1.54) is 5.56 Å². The van der Waals surface area contributed by atoms with Crippen LogP contribution in [0.25, 0.3) is 22.6 Å². The molecule has 1 N–H and O–H groups in total. The van der Waals surface area contributed by atoms with Crippen molar-refractivity contribution >= 4 is 5.97 Å². The molecule has 0 atom stereocenters. The third-order valence-electron chi connectivity index (χ3n) is 3.90. The summed E-state index contributed by atoms with van der Waals surface area (Å²) in [4.78, 5) is 20.0. The van der Waals surface area contributed by atoms with Crippen molar-refractivity contribution in [1.82, 2.24) is 9.97 Å². The third-order valence-corrected chi connectivity index (χ3v) is 3.90. The van der Waals surface area contributed by atoms with E-state index in [2.05, 4.69) is 48.1 Å². The number of hydrogen-bond acceptors (Lipinski definition) is 3. The van der Waals surface area contributed by atoms with Crippen LogP contribution in [-0.2, 0) is 0 Å². The van der Waals surface area contributed by atoms with Crippen LogP contribution in [0, 0.1) is 0 Å². The molecule has 0 saturated carbocycles. The summed E-state index contributed by atoms with van der Waals surface area (Å²) in [7, 11) is 0. The molecule has 0 bridgehead atoms. The van der Waals surface area contributed by atoms with Crippen LogP contribution in [0.2, 0.25) is 0 Å². The topological polar surface area (TPSA) is 63.1 Å². The molecule has 0 spiro atoms. The monoisotopic (exact) mass is 348 g/mol. The van der Waals surface area contributed by atoms with Gasteiger partial charge < -0.3 is 5.11 Å². The summed E-state index contributed by atoms with van der Waals surface area (Å²) in [5.74, 6) is 0.0413. The molecular weight excluding hydrogens is 324 g/mol. The Hall–Kier alpha value is -3.01. The number of carbonyl (C=O) groups is 1. The molecule has 2 aromatic carbocycles. The SMILES string of the molecule is CC.CC(C)c1ccc(-c2ccnc(-c3cccc(C(=O)O)c3)n2)cc1. The van der Waals surface area contributed by atoms with Gasteiger partial charge in [0.2, 0.25) is 0 Å². The Labute approximate surface area is 154 Å². The Kier molecular flexibility index (Phi) is 6.61. The van der Waals surface area contributed by atoms with Gasteiger partial charge in [-0.05, 0) is 29.7 Å². The van der Waals surface area contributed by atoms with Gasteiger partial charge in [-0.2, -0.15) is 0 Å². The first-order valence-corrected chi connectivity index (χ1v) is 8.81. The zero-order valence-electron chi connectivity index (χ0n) is 15.6. The van der Waals surface area contributed by atoms with Gasteiger partial charge in [0.05, 0.1) is 11.3 Å². The summed E-state index contributed by atoms with van der Waals surface area (Å²) in [5.41, 5.74) is 4.02. The molecule has 1 aromatic heterocycles. The minimum Gasteiger partial charge on any atom is -0.478 e. The van der Waals surface area contributed by atoms with Gasteiger partial charge in [0.25, 0.3) is 0 Å². The van der Waals surface area contributed by atoms with Crippen molar-refractivity contribution in [3.63, 3.8) is 0 Å². The van der Waals surface area contributed by atoms with Crippen LogP contribution in [0.4, 0.5) is 0 Å². The van der Waals surface area contributed by atoms with Gasteiger partial charge in [-0.3, -0.25) is 0 Å². The predicted octanol–water partition coefficient (Wildman–Crippen LogP) is 5.66. The Balaban J connectivity index is 0.00000117. The van der Waals surface area contributed by atoms with Crippen molar-refractivity contribution in [2.75, 3.05) is 0 Å². The van der Waals surface area contributed by atoms with Gasteiger partial charge >= 0.3 is 5.97 Å². The average Bonchev–Trinajstić information content (AvgIpc) is 2.70. The molecule has 3 rings (SSSR count). The van der Waals surface area contributed by atoms with Crippen LogP contribution in [0.5, 0.6) is 0 Å². The fourth-order valence-corrected chi connectivity index (χ4v) is 2.49. The molecule has 0 aliphatic carbocycles. The van der Waals surface area contributed by atoms with Crippen LogP contribution >= 0.6 is 0 Å². The summed E-state index contributed by atoms with van der Waals surface area (Å²) in [6.45, 7) is 8.32. The molecule has 0 saturated heterocycles. The summed E-state index contributed by atoms with van der Waals surface area (Å²) < 4.78 is 0. The number of aromatic carboxylic acids is 1. The van der Waals surface area contributed by atoms with E-state index >= 15 is 0 Å². The minimum absolute atomic E-state index is 0.225. The molecule has 0 radical (unpaired) electrons. The number of aromatic nitrogens is 2. The molecule has 1 heterocycles. The van der Waals surface area contributed by atoms with Gasteiger partial charge in [0, 0.05) is 17.3 Å². The highest BCUT2D eigenvalue weighted by molar-refractivity contribution is 5.89. The maximum Gasteiger partial charge on any atom is 0.335 e. The lowest BCUT2D eigenvalue weighted by atomic mass is 10.0. The van der Waals surface area contributed by atoms with E-state index in [4.69, 9.17) is 5.11 Å². The summed E-state index contributed by atoms with van der Waals surface area (Å²) in [6.07, 6.45) is 1.70. The van der Waals surface area contributed by atoms with E-state index in [9.17, 15) is 4.79 Å². The third kappa shape index (κ3) is 4.54. The van der Waals surface area contributed by atoms with Crippen molar-refractivity contribution in [3.8, 4) is 22.6 Å². The molecule has 0 aliphatic heterocycles. The van der Waals surface area contributed by atoms with E-state index in [-0.39, 0.29) is 5.56 Å². The van der Waals surface area contributed by atoms with Crippen LogP contribution in [-0.4, -0.2) is 21.0 Å². The Morgan fingerprint density at radius 1 is 0.962 bits per heavy atom. The number of carboxylic acids is 1. The minimum atomic E-state index is -0.961. The number of carboxylic acid groups (broad SMARTS) is 1. The number of benzene rings is 2. The molecule has 4 heteroatoms. The molecule has 0 amide bonds. The highest BCUT2D eigenvalue weighted by Gasteiger charge is 2.08. The van der Waals surface area contributed by atoms with Crippen LogP contribution in [0.1, 0.15) is 49.5 Å². The van der Waals surface area contributed by atoms with Crippen molar-refractivity contribution in [3.05, 3.63) is 71.9 Å². The Morgan fingerprint density at radius 3 is 2.27 bits per heavy atom. The highest BCUT2D eigenvalue weighted by Crippen LogP contribution is 2.23. The summed E-state index contributed by atoms with van der Waals surface area (Å²) in [5, 5.41) is 9.12. The standard InChI is InChI=1S/C20H18N2O2.C2H6/c1-13(2)14-6-8-15(9-7-14)18-10-11-21-19(22-18)16-4-3-5-17(12-16)20(23)24;1-2/h3-13H,1-2H3,(H,23,24);1-2H3. The lowest BCUT2D eigenvalue weighted by Gasteiger charge is -2.08. The lowest BCUT2D eigenvalue weighted by molar-refractivity contribution is 0.0697. The second-order valence-corrected chi connectivity index (χ2v) is 5.93. The Bertz CT molecular complexity index is 871. The molecule has 4 nitrogen and oxygen atoms in total. The molecule has 0 unspecified atom stereocenters. The number of rotatable bonds is 4. The number of nitrogens with zero attached hydrogens (tertiary/aromatic N) is 2.